The molecule has 116 valence electrons. The number of amides is 1. The van der Waals surface area contributed by atoms with Crippen molar-refractivity contribution in [2.75, 3.05) is 0 Å². The Labute approximate surface area is 133 Å². The van der Waals surface area contributed by atoms with Gasteiger partial charge in [-0.15, -0.1) is 0 Å². The number of benzene rings is 1. The molecule has 0 aliphatic heterocycles. The molecular weight excluding hydrogens is 294 g/mol. The van der Waals surface area contributed by atoms with E-state index in [-0.39, 0.29) is 11.6 Å². The number of aryl methyl sites for hydroxylation is 1. The maximum atomic E-state index is 11.9. The van der Waals surface area contributed by atoms with E-state index in [1.54, 1.807) is 25.3 Å². The van der Waals surface area contributed by atoms with Crippen molar-refractivity contribution in [2.24, 2.45) is 0 Å². The van der Waals surface area contributed by atoms with Crippen molar-refractivity contribution in [2.45, 2.75) is 13.5 Å². The van der Waals surface area contributed by atoms with Gasteiger partial charge in [-0.2, -0.15) is 0 Å². The minimum absolute atomic E-state index is 0.263. The topological polar surface area (TPSA) is 77.2 Å². The average Bonchev–Trinajstić information content (AvgIpc) is 3.01. The first-order chi connectivity index (χ1) is 11.2. The number of para-hydroxylation sites is 1. The Morgan fingerprint density at radius 1 is 1.22 bits per heavy atom. The molecule has 1 amide bonds. The smallest absolute Gasteiger partial charge is 0.273 e. The van der Waals surface area contributed by atoms with E-state index in [1.807, 2.05) is 36.4 Å². The monoisotopic (exact) mass is 309 g/mol. The summed E-state index contributed by atoms with van der Waals surface area (Å²) >= 11 is 0. The fourth-order valence-corrected chi connectivity index (χ4v) is 1.93. The van der Waals surface area contributed by atoms with Crippen LogP contribution < -0.4 is 10.1 Å². The molecule has 3 rings (SSSR count). The molecule has 2 heterocycles. The van der Waals surface area contributed by atoms with Gasteiger partial charge < -0.3 is 14.6 Å². The highest BCUT2D eigenvalue weighted by molar-refractivity contribution is 5.92. The minimum Gasteiger partial charge on any atom is -0.439 e. The van der Waals surface area contributed by atoms with Crippen LogP contribution in [-0.4, -0.2) is 16.0 Å². The van der Waals surface area contributed by atoms with Gasteiger partial charge in [0.1, 0.15) is 11.5 Å². The van der Waals surface area contributed by atoms with Crippen molar-refractivity contribution in [3.8, 4) is 11.6 Å². The number of rotatable bonds is 5. The van der Waals surface area contributed by atoms with Gasteiger partial charge in [0.05, 0.1) is 0 Å². The van der Waals surface area contributed by atoms with Crippen LogP contribution in [0.15, 0.2) is 59.3 Å². The molecule has 3 aromatic rings. The molecule has 0 bridgehead atoms. The highest BCUT2D eigenvalue weighted by Crippen LogP contribution is 2.18. The van der Waals surface area contributed by atoms with E-state index in [9.17, 15) is 4.79 Å². The molecule has 0 aliphatic rings. The molecule has 0 atom stereocenters. The van der Waals surface area contributed by atoms with Gasteiger partial charge >= 0.3 is 0 Å². The fraction of sp³-hybridized carbons (Fsp3) is 0.118. The van der Waals surface area contributed by atoms with Gasteiger partial charge in [-0.25, -0.2) is 4.98 Å². The summed E-state index contributed by atoms with van der Waals surface area (Å²) in [5, 5.41) is 6.42. The average molecular weight is 309 g/mol. The highest BCUT2D eigenvalue weighted by Gasteiger charge is 2.10. The number of aromatic nitrogens is 2. The first-order valence-electron chi connectivity index (χ1n) is 7.10. The normalized spacial score (nSPS) is 10.3. The molecular formula is C17H15N3O3. The predicted molar refractivity (Wildman–Crippen MR) is 83.2 cm³/mol. The van der Waals surface area contributed by atoms with E-state index in [2.05, 4.69) is 15.5 Å². The molecule has 6 nitrogen and oxygen atoms in total. The van der Waals surface area contributed by atoms with Crippen molar-refractivity contribution >= 4 is 5.91 Å². The van der Waals surface area contributed by atoms with Crippen LogP contribution in [0, 0.1) is 6.92 Å². The van der Waals surface area contributed by atoms with Crippen molar-refractivity contribution < 1.29 is 14.1 Å². The first kappa shape index (κ1) is 14.8. The van der Waals surface area contributed by atoms with Crippen molar-refractivity contribution in [1.29, 1.82) is 0 Å². The van der Waals surface area contributed by atoms with E-state index >= 15 is 0 Å². The summed E-state index contributed by atoms with van der Waals surface area (Å²) in [5.74, 6) is 1.53. The number of nitrogens with zero attached hydrogens (tertiary/aromatic N) is 2. The van der Waals surface area contributed by atoms with E-state index in [0.717, 1.165) is 11.3 Å². The van der Waals surface area contributed by atoms with E-state index in [4.69, 9.17) is 9.26 Å². The Bertz CT molecular complexity index is 782. The first-order valence-corrected chi connectivity index (χ1v) is 7.10. The Hall–Kier alpha value is -3.15. The lowest BCUT2D eigenvalue weighted by molar-refractivity contribution is 0.0942. The number of hydrogen-bond donors (Lipinski definition) is 1. The third-order valence-electron chi connectivity index (χ3n) is 3.08. The maximum absolute atomic E-state index is 11.9. The largest absolute Gasteiger partial charge is 0.439 e. The molecule has 0 aliphatic carbocycles. The predicted octanol–water partition coefficient (Wildman–Crippen LogP) is 3.10. The van der Waals surface area contributed by atoms with Crippen molar-refractivity contribution in [1.82, 2.24) is 15.5 Å². The van der Waals surface area contributed by atoms with Crippen LogP contribution in [0.1, 0.15) is 21.8 Å². The second-order valence-electron chi connectivity index (χ2n) is 4.93. The number of ether oxygens (including phenoxy) is 1. The number of nitrogens with one attached hydrogen (secondary N) is 1. The van der Waals surface area contributed by atoms with Crippen LogP contribution in [0.2, 0.25) is 0 Å². The van der Waals surface area contributed by atoms with Crippen LogP contribution in [-0.2, 0) is 6.54 Å². The lowest BCUT2D eigenvalue weighted by atomic mass is 10.2. The quantitative estimate of drug-likeness (QED) is 0.783. The number of pyridine rings is 1. The zero-order valence-corrected chi connectivity index (χ0v) is 12.5. The fourth-order valence-electron chi connectivity index (χ4n) is 1.93. The van der Waals surface area contributed by atoms with Gasteiger partial charge in [0.2, 0.25) is 5.88 Å². The van der Waals surface area contributed by atoms with Crippen LogP contribution in [0.5, 0.6) is 11.6 Å². The highest BCUT2D eigenvalue weighted by atomic mass is 16.5. The van der Waals surface area contributed by atoms with Gasteiger partial charge in [-0.1, -0.05) is 29.4 Å². The Morgan fingerprint density at radius 3 is 2.70 bits per heavy atom. The lowest BCUT2D eigenvalue weighted by Crippen LogP contribution is -2.23. The molecule has 0 unspecified atom stereocenters. The second kappa shape index (κ2) is 6.74. The van der Waals surface area contributed by atoms with Crippen molar-refractivity contribution in [3.05, 3.63) is 71.7 Å². The molecule has 6 heteroatoms. The molecule has 0 saturated carbocycles. The summed E-state index contributed by atoms with van der Waals surface area (Å²) in [6, 6.07) is 14.6. The standard InChI is InChI=1S/C17H15N3O3/c1-12-9-15(20-23-12)17(21)19-11-13-7-8-16(18-10-13)22-14-5-3-2-4-6-14/h2-10H,11H2,1H3,(H,19,21). The van der Waals surface area contributed by atoms with Crippen molar-refractivity contribution in [3.63, 3.8) is 0 Å². The van der Waals surface area contributed by atoms with E-state index in [1.165, 1.54) is 0 Å². The molecule has 1 N–H and O–H groups in total. The van der Waals surface area contributed by atoms with Gasteiger partial charge in [-0.05, 0) is 24.6 Å². The number of carbonyl (C=O) groups is 1. The molecule has 0 fully saturated rings. The van der Waals surface area contributed by atoms with Crippen LogP contribution in [0.4, 0.5) is 0 Å². The second-order valence-corrected chi connectivity index (χ2v) is 4.93. The lowest BCUT2D eigenvalue weighted by Gasteiger charge is -2.06. The summed E-state index contributed by atoms with van der Waals surface area (Å²) in [4.78, 5) is 16.1. The summed E-state index contributed by atoms with van der Waals surface area (Å²) in [6.07, 6.45) is 1.66. The Morgan fingerprint density at radius 2 is 2.04 bits per heavy atom. The molecule has 2 aromatic heterocycles. The molecule has 0 radical (unpaired) electrons. The molecule has 1 aromatic carbocycles. The summed E-state index contributed by atoms with van der Waals surface area (Å²) in [6.45, 7) is 2.09. The van der Waals surface area contributed by atoms with Gasteiger partial charge in [0.15, 0.2) is 5.69 Å². The van der Waals surface area contributed by atoms with E-state index in [0.29, 0.717) is 18.2 Å². The molecule has 0 spiro atoms. The zero-order valence-electron chi connectivity index (χ0n) is 12.5. The third kappa shape index (κ3) is 3.94. The van der Waals surface area contributed by atoms with Crippen LogP contribution >= 0.6 is 0 Å². The van der Waals surface area contributed by atoms with Crippen LogP contribution in [0.25, 0.3) is 0 Å². The SMILES string of the molecule is Cc1cc(C(=O)NCc2ccc(Oc3ccccc3)nc2)no1. The zero-order chi connectivity index (χ0) is 16.1. The van der Waals surface area contributed by atoms with Gasteiger partial charge in [-0.3, -0.25) is 4.79 Å². The number of carbonyl (C=O) groups excluding carboxylic acids is 1. The molecule has 23 heavy (non-hydrogen) atoms. The van der Waals surface area contributed by atoms with Gasteiger partial charge in [0, 0.05) is 24.9 Å². The maximum Gasteiger partial charge on any atom is 0.273 e. The van der Waals surface area contributed by atoms with Crippen LogP contribution in [0.3, 0.4) is 0 Å². The summed E-state index contributed by atoms with van der Waals surface area (Å²) in [5.41, 5.74) is 1.12. The van der Waals surface area contributed by atoms with Gasteiger partial charge in [0.25, 0.3) is 5.91 Å². The summed E-state index contributed by atoms with van der Waals surface area (Å²) in [7, 11) is 0. The Balaban J connectivity index is 1.56. The minimum atomic E-state index is -0.286. The molecule has 0 saturated heterocycles. The number of hydrogen-bond acceptors (Lipinski definition) is 5. The summed E-state index contributed by atoms with van der Waals surface area (Å²) < 4.78 is 10.5. The Kier molecular flexibility index (Phi) is 4.33. The van der Waals surface area contributed by atoms with E-state index < -0.39 is 0 Å². The third-order valence-corrected chi connectivity index (χ3v) is 3.08.